The van der Waals surface area contributed by atoms with E-state index in [1.807, 2.05) is 23.1 Å². The van der Waals surface area contributed by atoms with Crippen LogP contribution in [0.4, 0.5) is 10.5 Å². The lowest BCUT2D eigenvalue weighted by Crippen LogP contribution is -2.54. The van der Waals surface area contributed by atoms with Gasteiger partial charge < -0.3 is 24.8 Å². The molecule has 1 aromatic heterocycles. The fourth-order valence-corrected chi connectivity index (χ4v) is 3.83. The fourth-order valence-electron chi connectivity index (χ4n) is 3.83. The van der Waals surface area contributed by atoms with Crippen LogP contribution in [0, 0.1) is 0 Å². The zero-order chi connectivity index (χ0) is 17.9. The number of fused-ring (bicyclic) bond motifs is 1. The van der Waals surface area contributed by atoms with Gasteiger partial charge in [-0.1, -0.05) is 12.1 Å². The summed E-state index contributed by atoms with van der Waals surface area (Å²) in [5, 5.41) is 3.19. The van der Waals surface area contributed by atoms with Crippen molar-refractivity contribution in [3.8, 4) is 5.75 Å². The van der Waals surface area contributed by atoms with Crippen LogP contribution in [0.25, 0.3) is 0 Å². The molecule has 1 aromatic carbocycles. The minimum atomic E-state index is 0.0395. The van der Waals surface area contributed by atoms with Crippen LogP contribution in [-0.2, 0) is 12.8 Å². The van der Waals surface area contributed by atoms with E-state index in [-0.39, 0.29) is 12.1 Å². The number of urea groups is 1. The molecule has 7 heteroatoms. The average Bonchev–Trinajstić information content (AvgIpc) is 3.16. The van der Waals surface area contributed by atoms with Gasteiger partial charge in [0.25, 0.3) is 0 Å². The molecule has 1 saturated heterocycles. The minimum Gasteiger partial charge on any atom is -0.495 e. The van der Waals surface area contributed by atoms with Gasteiger partial charge in [0, 0.05) is 44.3 Å². The molecule has 2 aromatic rings. The summed E-state index contributed by atoms with van der Waals surface area (Å²) in [4.78, 5) is 24.3. The molecular weight excluding hydrogens is 330 g/mol. The smallest absolute Gasteiger partial charge is 0.317 e. The number of carbonyl (C=O) groups excluding carboxylic acids is 1. The number of ether oxygens (including phenoxy) is 1. The number of aryl methyl sites for hydroxylation is 1. The lowest BCUT2D eigenvalue weighted by molar-refractivity contribution is 0.189. The Morgan fingerprint density at radius 2 is 2.08 bits per heavy atom. The second-order valence-electron chi connectivity index (χ2n) is 6.86. The van der Waals surface area contributed by atoms with Crippen LogP contribution in [0.3, 0.4) is 0 Å². The number of carbonyl (C=O) groups is 1. The van der Waals surface area contributed by atoms with Gasteiger partial charge in [-0.2, -0.15) is 0 Å². The van der Waals surface area contributed by atoms with E-state index in [1.54, 1.807) is 13.4 Å². The van der Waals surface area contributed by atoms with Crippen LogP contribution in [0.5, 0.6) is 5.75 Å². The van der Waals surface area contributed by atoms with Crippen LogP contribution in [0.1, 0.15) is 17.8 Å². The summed E-state index contributed by atoms with van der Waals surface area (Å²) in [6.07, 6.45) is 4.45. The quantitative estimate of drug-likeness (QED) is 0.881. The number of aromatic amines is 1. The third-order valence-electron chi connectivity index (χ3n) is 5.31. The summed E-state index contributed by atoms with van der Waals surface area (Å²) in [6.45, 7) is 3.05. The van der Waals surface area contributed by atoms with Gasteiger partial charge in [-0.05, 0) is 25.0 Å². The molecule has 7 nitrogen and oxygen atoms in total. The zero-order valence-corrected chi connectivity index (χ0v) is 15.1. The van der Waals surface area contributed by atoms with Crippen LogP contribution in [-0.4, -0.2) is 60.2 Å². The molecular formula is C19H25N5O2. The third-order valence-corrected chi connectivity index (χ3v) is 5.31. The molecule has 26 heavy (non-hydrogen) atoms. The van der Waals surface area contributed by atoms with E-state index in [9.17, 15) is 4.79 Å². The predicted molar refractivity (Wildman–Crippen MR) is 99.7 cm³/mol. The fraction of sp³-hybridized carbons (Fsp3) is 0.474. The highest BCUT2D eigenvalue weighted by atomic mass is 16.5. The largest absolute Gasteiger partial charge is 0.495 e. The lowest BCUT2D eigenvalue weighted by atomic mass is 9.96. The van der Waals surface area contributed by atoms with Crippen molar-refractivity contribution >= 4 is 11.7 Å². The number of anilines is 1. The highest BCUT2D eigenvalue weighted by Crippen LogP contribution is 2.28. The molecule has 4 rings (SSSR count). The van der Waals surface area contributed by atoms with E-state index >= 15 is 0 Å². The third kappa shape index (κ3) is 3.34. The molecule has 0 spiro atoms. The number of rotatable bonds is 3. The maximum Gasteiger partial charge on any atom is 0.317 e. The van der Waals surface area contributed by atoms with Crippen molar-refractivity contribution in [3.63, 3.8) is 0 Å². The molecule has 2 amide bonds. The summed E-state index contributed by atoms with van der Waals surface area (Å²) in [5.41, 5.74) is 3.39. The number of hydrogen-bond acceptors (Lipinski definition) is 4. The lowest BCUT2D eigenvalue weighted by Gasteiger charge is -2.37. The number of para-hydroxylation sites is 2. The summed E-state index contributed by atoms with van der Waals surface area (Å²) in [7, 11) is 1.69. The van der Waals surface area contributed by atoms with Crippen molar-refractivity contribution in [3.05, 3.63) is 42.0 Å². The number of methoxy groups -OCH3 is 1. The van der Waals surface area contributed by atoms with Gasteiger partial charge in [0.15, 0.2) is 0 Å². The first kappa shape index (κ1) is 16.8. The second-order valence-corrected chi connectivity index (χ2v) is 6.86. The van der Waals surface area contributed by atoms with E-state index in [0.29, 0.717) is 13.1 Å². The summed E-state index contributed by atoms with van der Waals surface area (Å²) < 4.78 is 5.45. The van der Waals surface area contributed by atoms with Crippen molar-refractivity contribution in [2.45, 2.75) is 25.3 Å². The van der Waals surface area contributed by atoms with Gasteiger partial charge >= 0.3 is 6.03 Å². The number of aromatic nitrogens is 2. The van der Waals surface area contributed by atoms with Crippen LogP contribution in [0.15, 0.2) is 30.6 Å². The van der Waals surface area contributed by atoms with Gasteiger partial charge in [-0.25, -0.2) is 9.78 Å². The number of nitrogens with zero attached hydrogens (tertiary/aromatic N) is 3. The minimum absolute atomic E-state index is 0.0395. The van der Waals surface area contributed by atoms with Crippen molar-refractivity contribution in [2.24, 2.45) is 0 Å². The van der Waals surface area contributed by atoms with Crippen LogP contribution in [0.2, 0.25) is 0 Å². The maximum atomic E-state index is 12.6. The first-order chi connectivity index (χ1) is 12.7. The monoisotopic (exact) mass is 355 g/mol. The molecule has 0 bridgehead atoms. The van der Waals surface area contributed by atoms with E-state index in [2.05, 4.69) is 26.3 Å². The van der Waals surface area contributed by atoms with E-state index in [0.717, 1.165) is 55.2 Å². The highest BCUT2D eigenvalue weighted by molar-refractivity contribution is 5.75. The van der Waals surface area contributed by atoms with Gasteiger partial charge in [-0.15, -0.1) is 0 Å². The Kier molecular flexibility index (Phi) is 4.69. The first-order valence-electron chi connectivity index (χ1n) is 9.19. The number of amides is 2. The van der Waals surface area contributed by atoms with Crippen molar-refractivity contribution in [2.75, 3.05) is 38.2 Å². The number of nitrogens with one attached hydrogen (secondary N) is 2. The SMILES string of the molecule is COc1ccccc1N1CCN(C(=O)NC2CCc3nc[nH]c3C2)CC1. The molecule has 138 valence electrons. The number of piperazine rings is 1. The average molecular weight is 355 g/mol. The van der Waals surface area contributed by atoms with Gasteiger partial charge in [0.1, 0.15) is 5.75 Å². The Morgan fingerprint density at radius 3 is 2.88 bits per heavy atom. The molecule has 2 aliphatic rings. The summed E-state index contributed by atoms with van der Waals surface area (Å²) >= 11 is 0. The highest BCUT2D eigenvalue weighted by Gasteiger charge is 2.26. The topological polar surface area (TPSA) is 73.5 Å². The number of H-pyrrole nitrogens is 1. The molecule has 1 aliphatic carbocycles. The molecule has 1 atom stereocenters. The maximum absolute atomic E-state index is 12.6. The van der Waals surface area contributed by atoms with Gasteiger partial charge in [-0.3, -0.25) is 0 Å². The Morgan fingerprint density at radius 1 is 1.27 bits per heavy atom. The molecule has 2 N–H and O–H groups in total. The predicted octanol–water partition coefficient (Wildman–Crippen LogP) is 1.81. The Bertz CT molecular complexity index is 767. The van der Waals surface area contributed by atoms with Gasteiger partial charge in [0.2, 0.25) is 0 Å². The number of hydrogen-bond donors (Lipinski definition) is 2. The van der Waals surface area contributed by atoms with Crippen molar-refractivity contribution < 1.29 is 9.53 Å². The zero-order valence-electron chi connectivity index (χ0n) is 15.1. The second kappa shape index (κ2) is 7.27. The Labute approximate surface area is 153 Å². The van der Waals surface area contributed by atoms with Crippen LogP contribution >= 0.6 is 0 Å². The normalized spacial score (nSPS) is 19.8. The standard InChI is InChI=1S/C19H25N5O2/c1-26-18-5-3-2-4-17(18)23-8-10-24(11-9-23)19(25)22-14-6-7-15-16(12-14)21-13-20-15/h2-5,13-14H,6-12H2,1H3,(H,20,21)(H,22,25). The number of imidazole rings is 1. The van der Waals surface area contributed by atoms with Gasteiger partial charge in [0.05, 0.1) is 24.8 Å². The van der Waals surface area contributed by atoms with E-state index < -0.39 is 0 Å². The van der Waals surface area contributed by atoms with Crippen molar-refractivity contribution in [1.82, 2.24) is 20.2 Å². The van der Waals surface area contributed by atoms with Crippen LogP contribution < -0.4 is 15.0 Å². The first-order valence-corrected chi connectivity index (χ1v) is 9.19. The Hall–Kier alpha value is -2.70. The molecule has 1 aliphatic heterocycles. The van der Waals surface area contributed by atoms with E-state index in [4.69, 9.17) is 4.74 Å². The number of benzene rings is 1. The van der Waals surface area contributed by atoms with E-state index in [1.165, 1.54) is 0 Å². The molecule has 0 saturated carbocycles. The Balaban J connectivity index is 1.31. The summed E-state index contributed by atoms with van der Waals surface area (Å²) in [6, 6.07) is 8.26. The van der Waals surface area contributed by atoms with Crippen molar-refractivity contribution in [1.29, 1.82) is 0 Å². The summed E-state index contributed by atoms with van der Waals surface area (Å²) in [5.74, 6) is 0.878. The molecule has 1 fully saturated rings. The molecule has 1 unspecified atom stereocenters. The molecule has 2 heterocycles. The molecule has 0 radical (unpaired) electrons.